The predicted molar refractivity (Wildman–Crippen MR) is 102 cm³/mol. The summed E-state index contributed by atoms with van der Waals surface area (Å²) < 4.78 is 0. The Bertz CT molecular complexity index is 768. The molecule has 2 aromatic carbocycles. The largest absolute Gasteiger partial charge is 0.465 e. The summed E-state index contributed by atoms with van der Waals surface area (Å²) in [4.78, 5) is 22.9. The molecule has 6 nitrogen and oxygen atoms in total. The van der Waals surface area contributed by atoms with Gasteiger partial charge in [0, 0.05) is 18.8 Å². The maximum absolute atomic E-state index is 12.3. The molecule has 0 aromatic heterocycles. The Hall–Kier alpha value is -3.02. The van der Waals surface area contributed by atoms with Gasteiger partial charge >= 0.3 is 12.1 Å². The molecule has 0 radical (unpaired) electrons. The van der Waals surface area contributed by atoms with Crippen LogP contribution < -0.4 is 16.0 Å². The van der Waals surface area contributed by atoms with Crippen molar-refractivity contribution in [2.75, 3.05) is 5.32 Å². The highest BCUT2D eigenvalue weighted by Gasteiger charge is 2.20. The van der Waals surface area contributed by atoms with Crippen LogP contribution in [-0.2, 0) is 18.5 Å². The maximum atomic E-state index is 12.3. The normalized spacial score (nSPS) is 10.9. The van der Waals surface area contributed by atoms with Gasteiger partial charge in [0.1, 0.15) is 0 Å². The highest BCUT2D eigenvalue weighted by atomic mass is 16.4. The predicted octanol–water partition coefficient (Wildman–Crippen LogP) is 4.07. The zero-order valence-electron chi connectivity index (χ0n) is 15.3. The molecule has 0 unspecified atom stereocenters. The van der Waals surface area contributed by atoms with Gasteiger partial charge in [-0.3, -0.25) is 0 Å². The summed E-state index contributed by atoms with van der Waals surface area (Å²) in [6.07, 6.45) is -1.07. The molecule has 4 N–H and O–H groups in total. The number of urea groups is 1. The number of carbonyl (C=O) groups is 2. The van der Waals surface area contributed by atoms with Crippen LogP contribution in [0.2, 0.25) is 0 Å². The van der Waals surface area contributed by atoms with E-state index < -0.39 is 6.09 Å². The van der Waals surface area contributed by atoms with Gasteiger partial charge in [0.05, 0.1) is 0 Å². The van der Waals surface area contributed by atoms with Crippen LogP contribution in [0.4, 0.5) is 15.3 Å². The van der Waals surface area contributed by atoms with Crippen molar-refractivity contribution in [3.63, 3.8) is 0 Å². The second kappa shape index (κ2) is 8.38. The molecule has 2 aromatic rings. The van der Waals surface area contributed by atoms with Crippen LogP contribution in [0, 0.1) is 0 Å². The first-order valence-electron chi connectivity index (χ1n) is 8.44. The van der Waals surface area contributed by atoms with Crippen LogP contribution >= 0.6 is 0 Å². The molecule has 26 heavy (non-hydrogen) atoms. The van der Waals surface area contributed by atoms with E-state index in [1.54, 1.807) is 6.07 Å². The molecule has 2 rings (SSSR count). The van der Waals surface area contributed by atoms with Gasteiger partial charge in [-0.05, 0) is 28.2 Å². The van der Waals surface area contributed by atoms with Gasteiger partial charge in [0.25, 0.3) is 0 Å². The van der Waals surface area contributed by atoms with Gasteiger partial charge in [-0.2, -0.15) is 0 Å². The van der Waals surface area contributed by atoms with Crippen LogP contribution in [0.3, 0.4) is 0 Å². The van der Waals surface area contributed by atoms with Crippen molar-refractivity contribution in [1.29, 1.82) is 0 Å². The lowest BCUT2D eigenvalue weighted by atomic mass is 9.84. The molecule has 0 aliphatic carbocycles. The number of anilines is 1. The van der Waals surface area contributed by atoms with Crippen LogP contribution in [-0.4, -0.2) is 17.2 Å². The third-order valence-electron chi connectivity index (χ3n) is 3.88. The lowest BCUT2D eigenvalue weighted by Crippen LogP contribution is -2.29. The Morgan fingerprint density at radius 1 is 0.923 bits per heavy atom. The van der Waals surface area contributed by atoms with Gasteiger partial charge in [0.15, 0.2) is 0 Å². The minimum absolute atomic E-state index is 0.207. The molecule has 6 heteroatoms. The van der Waals surface area contributed by atoms with E-state index in [0.29, 0.717) is 12.2 Å². The molecule has 0 atom stereocenters. The molecule has 0 fully saturated rings. The highest BCUT2D eigenvalue weighted by molar-refractivity contribution is 5.90. The average molecular weight is 355 g/mol. The first kappa shape index (κ1) is 19.3. The molecule has 0 bridgehead atoms. The fourth-order valence-corrected chi connectivity index (χ4v) is 2.55. The van der Waals surface area contributed by atoms with E-state index in [1.165, 1.54) is 0 Å². The zero-order chi connectivity index (χ0) is 19.2. The number of carboxylic acid groups (broad SMARTS) is 1. The number of amides is 3. The fraction of sp³-hybridized carbons (Fsp3) is 0.300. The van der Waals surface area contributed by atoms with Gasteiger partial charge in [0.2, 0.25) is 0 Å². The van der Waals surface area contributed by atoms with Crippen LogP contribution in [0.1, 0.15) is 37.5 Å². The summed E-state index contributed by atoms with van der Waals surface area (Å²) in [6.45, 7) is 6.80. The third-order valence-corrected chi connectivity index (χ3v) is 3.88. The number of rotatable bonds is 5. The van der Waals surface area contributed by atoms with Crippen molar-refractivity contribution in [3.8, 4) is 0 Å². The maximum Gasteiger partial charge on any atom is 0.404 e. The second-order valence-electron chi connectivity index (χ2n) is 7.08. The minimum Gasteiger partial charge on any atom is -0.465 e. The highest BCUT2D eigenvalue weighted by Crippen LogP contribution is 2.30. The Kier molecular flexibility index (Phi) is 6.22. The standard InChI is InChI=1S/C20H25N3O3/c1-20(2,3)16-11-15(13-22-19(25)26)9-10-17(16)23-18(24)21-12-14-7-5-4-6-8-14/h4-11,22H,12-13H2,1-3H3,(H,25,26)(H2,21,23,24). The van der Waals surface area contributed by atoms with Crippen molar-refractivity contribution in [2.24, 2.45) is 0 Å². The van der Waals surface area contributed by atoms with Crippen LogP contribution in [0.25, 0.3) is 0 Å². The Morgan fingerprint density at radius 2 is 1.58 bits per heavy atom. The minimum atomic E-state index is -1.07. The van der Waals surface area contributed by atoms with Crippen LogP contribution in [0.15, 0.2) is 48.5 Å². The van der Waals surface area contributed by atoms with E-state index in [4.69, 9.17) is 5.11 Å². The lowest BCUT2D eigenvalue weighted by Gasteiger charge is -2.24. The summed E-state index contributed by atoms with van der Waals surface area (Å²) in [6, 6.07) is 14.9. The Morgan fingerprint density at radius 3 is 2.19 bits per heavy atom. The van der Waals surface area contributed by atoms with Gasteiger partial charge < -0.3 is 21.1 Å². The quantitative estimate of drug-likeness (QED) is 0.651. The van der Waals surface area contributed by atoms with E-state index in [9.17, 15) is 9.59 Å². The van der Waals surface area contributed by atoms with Gasteiger partial charge in [-0.15, -0.1) is 0 Å². The smallest absolute Gasteiger partial charge is 0.404 e. The van der Waals surface area contributed by atoms with E-state index in [2.05, 4.69) is 16.0 Å². The Labute approximate surface area is 153 Å². The monoisotopic (exact) mass is 355 g/mol. The van der Waals surface area contributed by atoms with E-state index in [0.717, 1.165) is 16.7 Å². The fourth-order valence-electron chi connectivity index (χ4n) is 2.55. The molecule has 0 saturated carbocycles. The number of benzene rings is 2. The topological polar surface area (TPSA) is 90.5 Å². The molecule has 0 saturated heterocycles. The summed E-state index contributed by atoms with van der Waals surface area (Å²) >= 11 is 0. The molecule has 3 amide bonds. The molecule has 138 valence electrons. The summed E-state index contributed by atoms with van der Waals surface area (Å²) in [5, 5.41) is 16.8. The molecule has 0 heterocycles. The Balaban J connectivity index is 2.09. The van der Waals surface area contributed by atoms with E-state index in [1.807, 2.05) is 63.2 Å². The first-order chi connectivity index (χ1) is 12.3. The third kappa shape index (κ3) is 5.81. The molecule has 0 aliphatic rings. The molecule has 0 spiro atoms. The van der Waals surface area contributed by atoms with Crippen LogP contribution in [0.5, 0.6) is 0 Å². The zero-order valence-corrected chi connectivity index (χ0v) is 15.3. The first-order valence-corrected chi connectivity index (χ1v) is 8.44. The average Bonchev–Trinajstić information content (AvgIpc) is 2.59. The number of hydrogen-bond donors (Lipinski definition) is 4. The van der Waals surface area contributed by atoms with Crippen molar-refractivity contribution >= 4 is 17.8 Å². The van der Waals surface area contributed by atoms with Gasteiger partial charge in [-0.1, -0.05) is 63.2 Å². The summed E-state index contributed by atoms with van der Waals surface area (Å²) in [7, 11) is 0. The van der Waals surface area contributed by atoms with Crippen molar-refractivity contribution in [2.45, 2.75) is 39.3 Å². The van der Waals surface area contributed by atoms with E-state index in [-0.39, 0.29) is 18.0 Å². The second-order valence-corrected chi connectivity index (χ2v) is 7.08. The van der Waals surface area contributed by atoms with Crippen molar-refractivity contribution < 1.29 is 14.7 Å². The molecular weight excluding hydrogens is 330 g/mol. The van der Waals surface area contributed by atoms with Gasteiger partial charge in [-0.25, -0.2) is 9.59 Å². The number of nitrogens with one attached hydrogen (secondary N) is 3. The molecular formula is C20H25N3O3. The van der Waals surface area contributed by atoms with E-state index >= 15 is 0 Å². The molecule has 0 aliphatic heterocycles. The lowest BCUT2D eigenvalue weighted by molar-refractivity contribution is 0.194. The number of hydrogen-bond acceptors (Lipinski definition) is 2. The SMILES string of the molecule is CC(C)(C)c1cc(CNC(=O)O)ccc1NC(=O)NCc1ccccc1. The number of carbonyl (C=O) groups excluding carboxylic acids is 1. The summed E-state index contributed by atoms with van der Waals surface area (Å²) in [5.41, 5.74) is 3.31. The van der Waals surface area contributed by atoms with Crippen molar-refractivity contribution in [1.82, 2.24) is 10.6 Å². The van der Waals surface area contributed by atoms with Crippen molar-refractivity contribution in [3.05, 3.63) is 65.2 Å². The summed E-state index contributed by atoms with van der Waals surface area (Å²) in [5.74, 6) is 0.